The summed E-state index contributed by atoms with van der Waals surface area (Å²) >= 11 is 0. The van der Waals surface area contributed by atoms with Crippen LogP contribution in [0, 0.1) is 0 Å². The predicted molar refractivity (Wildman–Crippen MR) is 87.1 cm³/mol. The van der Waals surface area contributed by atoms with Gasteiger partial charge in [0.2, 0.25) is 0 Å². The van der Waals surface area contributed by atoms with E-state index in [1.807, 2.05) is 6.07 Å². The van der Waals surface area contributed by atoms with E-state index in [4.69, 9.17) is 4.74 Å². The Morgan fingerprint density at radius 3 is 2.48 bits per heavy atom. The van der Waals surface area contributed by atoms with Gasteiger partial charge in [0.25, 0.3) is 0 Å². The van der Waals surface area contributed by atoms with Crippen molar-refractivity contribution in [3.63, 3.8) is 0 Å². The summed E-state index contributed by atoms with van der Waals surface area (Å²) in [6.07, 6.45) is 1.14. The Hall–Kier alpha value is -2.16. The van der Waals surface area contributed by atoms with Crippen molar-refractivity contribution in [2.45, 2.75) is 32.7 Å². The Morgan fingerprint density at radius 2 is 1.86 bits per heavy atom. The molecule has 2 aromatic rings. The zero-order valence-electron chi connectivity index (χ0n) is 12.9. The highest BCUT2D eigenvalue weighted by Crippen LogP contribution is 2.25. The maximum Gasteiger partial charge on any atom is 0.120 e. The Labute approximate surface area is 126 Å². The molecule has 112 valence electrons. The van der Waals surface area contributed by atoms with Crippen molar-refractivity contribution in [3.05, 3.63) is 53.6 Å². The maximum absolute atomic E-state index is 9.86. The average Bonchev–Trinajstić information content (AvgIpc) is 2.54. The molecule has 0 aliphatic rings. The first-order chi connectivity index (χ1) is 10.1. The van der Waals surface area contributed by atoms with Gasteiger partial charge in [0, 0.05) is 17.8 Å². The number of phenolic OH excluding ortho intramolecular Hbond substituents is 1. The standard InChI is InChI=1S/C18H23NO2/c1-4-13(2)14-5-7-16(8-6-14)19-12-15-11-17(21-3)9-10-18(15)20/h5-11,13,19-20H,4,12H2,1-3H3. The smallest absolute Gasteiger partial charge is 0.120 e. The summed E-state index contributed by atoms with van der Waals surface area (Å²) in [7, 11) is 1.62. The van der Waals surface area contributed by atoms with Gasteiger partial charge in [0.1, 0.15) is 11.5 Å². The van der Waals surface area contributed by atoms with Crippen LogP contribution in [0.5, 0.6) is 11.5 Å². The van der Waals surface area contributed by atoms with Gasteiger partial charge in [-0.3, -0.25) is 0 Å². The minimum absolute atomic E-state index is 0.277. The van der Waals surface area contributed by atoms with Crippen molar-refractivity contribution >= 4 is 5.69 Å². The fraction of sp³-hybridized carbons (Fsp3) is 0.333. The van der Waals surface area contributed by atoms with Crippen LogP contribution in [0.2, 0.25) is 0 Å². The van der Waals surface area contributed by atoms with E-state index in [1.54, 1.807) is 19.2 Å². The van der Waals surface area contributed by atoms with Crippen LogP contribution in [0.15, 0.2) is 42.5 Å². The van der Waals surface area contributed by atoms with Crippen LogP contribution < -0.4 is 10.1 Å². The lowest BCUT2D eigenvalue weighted by atomic mass is 9.98. The van der Waals surface area contributed by atoms with Crippen LogP contribution in [0.3, 0.4) is 0 Å². The molecule has 2 aromatic carbocycles. The van der Waals surface area contributed by atoms with Crippen molar-refractivity contribution in [2.24, 2.45) is 0 Å². The second kappa shape index (κ2) is 7.02. The van der Waals surface area contributed by atoms with Crippen molar-refractivity contribution < 1.29 is 9.84 Å². The minimum Gasteiger partial charge on any atom is -0.508 e. The molecule has 0 aromatic heterocycles. The fourth-order valence-electron chi connectivity index (χ4n) is 2.19. The number of anilines is 1. The van der Waals surface area contributed by atoms with E-state index in [0.29, 0.717) is 12.5 Å². The fourth-order valence-corrected chi connectivity index (χ4v) is 2.19. The molecular formula is C18H23NO2. The van der Waals surface area contributed by atoms with E-state index in [9.17, 15) is 5.11 Å². The third-order valence-corrected chi connectivity index (χ3v) is 3.86. The molecule has 0 aliphatic heterocycles. The monoisotopic (exact) mass is 285 g/mol. The number of phenols is 1. The van der Waals surface area contributed by atoms with Crippen molar-refractivity contribution in [1.82, 2.24) is 0 Å². The summed E-state index contributed by atoms with van der Waals surface area (Å²) in [5.41, 5.74) is 3.22. The molecule has 1 atom stereocenters. The molecule has 3 nitrogen and oxygen atoms in total. The number of hydrogen-bond acceptors (Lipinski definition) is 3. The van der Waals surface area contributed by atoms with Crippen molar-refractivity contribution in [3.8, 4) is 11.5 Å². The summed E-state index contributed by atoms with van der Waals surface area (Å²) in [6, 6.07) is 13.7. The van der Waals surface area contributed by atoms with E-state index < -0.39 is 0 Å². The molecule has 1 unspecified atom stereocenters. The largest absolute Gasteiger partial charge is 0.508 e. The molecule has 0 aliphatic carbocycles. The molecule has 21 heavy (non-hydrogen) atoms. The molecule has 0 bridgehead atoms. The summed E-state index contributed by atoms with van der Waals surface area (Å²) in [6.45, 7) is 4.99. The molecule has 0 amide bonds. The molecule has 0 saturated carbocycles. The van der Waals surface area contributed by atoms with Crippen LogP contribution in [-0.4, -0.2) is 12.2 Å². The molecule has 0 radical (unpaired) electrons. The number of rotatable bonds is 6. The number of nitrogens with one attached hydrogen (secondary N) is 1. The van der Waals surface area contributed by atoms with Crippen molar-refractivity contribution in [1.29, 1.82) is 0 Å². The van der Waals surface area contributed by atoms with Gasteiger partial charge >= 0.3 is 0 Å². The molecule has 0 fully saturated rings. The lowest BCUT2D eigenvalue weighted by Crippen LogP contribution is -2.00. The molecule has 2 rings (SSSR count). The van der Waals surface area contributed by atoms with Gasteiger partial charge in [-0.15, -0.1) is 0 Å². The SMILES string of the molecule is CCC(C)c1ccc(NCc2cc(OC)ccc2O)cc1. The minimum atomic E-state index is 0.277. The van der Waals surface area contributed by atoms with Crippen LogP contribution >= 0.6 is 0 Å². The topological polar surface area (TPSA) is 41.5 Å². The van der Waals surface area contributed by atoms with E-state index in [0.717, 1.165) is 23.4 Å². The first kappa shape index (κ1) is 15.2. The van der Waals surface area contributed by atoms with E-state index in [2.05, 4.69) is 43.4 Å². The van der Waals surface area contributed by atoms with E-state index >= 15 is 0 Å². The average molecular weight is 285 g/mol. The van der Waals surface area contributed by atoms with Gasteiger partial charge < -0.3 is 15.2 Å². The number of ether oxygens (including phenoxy) is 1. The Balaban J connectivity index is 2.03. The second-order valence-electron chi connectivity index (χ2n) is 5.28. The highest BCUT2D eigenvalue weighted by Gasteiger charge is 2.05. The molecule has 3 heteroatoms. The van der Waals surface area contributed by atoms with E-state index in [-0.39, 0.29) is 5.75 Å². The normalized spacial score (nSPS) is 12.0. The number of benzene rings is 2. The summed E-state index contributed by atoms with van der Waals surface area (Å²) in [5, 5.41) is 13.2. The third-order valence-electron chi connectivity index (χ3n) is 3.86. The zero-order valence-corrected chi connectivity index (χ0v) is 12.9. The first-order valence-electron chi connectivity index (χ1n) is 7.33. The number of aromatic hydroxyl groups is 1. The van der Waals surface area contributed by atoms with Crippen LogP contribution in [0.25, 0.3) is 0 Å². The molecule has 0 spiro atoms. The molecule has 0 saturated heterocycles. The van der Waals surface area contributed by atoms with Gasteiger partial charge in [-0.25, -0.2) is 0 Å². The van der Waals surface area contributed by atoms with Crippen LogP contribution in [0.4, 0.5) is 5.69 Å². The quantitative estimate of drug-likeness (QED) is 0.819. The molecule has 2 N–H and O–H groups in total. The highest BCUT2D eigenvalue weighted by atomic mass is 16.5. The molecule has 0 heterocycles. The van der Waals surface area contributed by atoms with Crippen molar-refractivity contribution in [2.75, 3.05) is 12.4 Å². The lowest BCUT2D eigenvalue weighted by Gasteiger charge is -2.12. The zero-order chi connectivity index (χ0) is 15.2. The first-order valence-corrected chi connectivity index (χ1v) is 7.33. The van der Waals surface area contributed by atoms with E-state index in [1.165, 1.54) is 5.56 Å². The number of hydrogen-bond donors (Lipinski definition) is 2. The second-order valence-corrected chi connectivity index (χ2v) is 5.28. The summed E-state index contributed by atoms with van der Waals surface area (Å²) in [5.74, 6) is 1.61. The van der Waals surface area contributed by atoms with Gasteiger partial charge in [0.15, 0.2) is 0 Å². The van der Waals surface area contributed by atoms with Gasteiger partial charge in [0.05, 0.1) is 7.11 Å². The Kier molecular flexibility index (Phi) is 5.09. The Bertz CT molecular complexity index is 578. The number of methoxy groups -OCH3 is 1. The third kappa shape index (κ3) is 3.91. The van der Waals surface area contributed by atoms with Gasteiger partial charge in [-0.1, -0.05) is 26.0 Å². The lowest BCUT2D eigenvalue weighted by molar-refractivity contribution is 0.411. The predicted octanol–water partition coefficient (Wildman–Crippen LogP) is 4.53. The highest BCUT2D eigenvalue weighted by molar-refractivity contribution is 5.48. The van der Waals surface area contributed by atoms with Gasteiger partial charge in [-0.2, -0.15) is 0 Å². The summed E-state index contributed by atoms with van der Waals surface area (Å²) < 4.78 is 5.18. The maximum atomic E-state index is 9.86. The van der Waals surface area contributed by atoms with Gasteiger partial charge in [-0.05, 0) is 48.2 Å². The summed E-state index contributed by atoms with van der Waals surface area (Å²) in [4.78, 5) is 0. The molecular weight excluding hydrogens is 262 g/mol. The Morgan fingerprint density at radius 1 is 1.14 bits per heavy atom. The van der Waals surface area contributed by atoms with Crippen LogP contribution in [0.1, 0.15) is 37.3 Å². The van der Waals surface area contributed by atoms with Crippen LogP contribution in [-0.2, 0) is 6.54 Å².